The van der Waals surface area contributed by atoms with Crippen LogP contribution in [0.15, 0.2) is 24.4 Å². The van der Waals surface area contributed by atoms with Crippen LogP contribution < -0.4 is 4.84 Å². The molecule has 0 fully saturated rings. The summed E-state index contributed by atoms with van der Waals surface area (Å²) in [6.45, 7) is 3.92. The molecule has 1 heterocycles. The van der Waals surface area contributed by atoms with Crippen LogP contribution in [0.25, 0.3) is 10.9 Å². The average molecular weight is 275 g/mol. The van der Waals surface area contributed by atoms with Gasteiger partial charge in [0.2, 0.25) is 0 Å². The molecule has 1 aromatic heterocycles. The second-order valence-corrected chi connectivity index (χ2v) is 4.43. The maximum absolute atomic E-state index is 12.2. The van der Waals surface area contributed by atoms with Gasteiger partial charge in [0, 0.05) is 10.9 Å². The Morgan fingerprint density at radius 2 is 2.05 bits per heavy atom. The predicted molar refractivity (Wildman–Crippen MR) is 74.8 cm³/mol. The third kappa shape index (κ3) is 2.52. The zero-order valence-electron chi connectivity index (χ0n) is 11.8. The molecular weight excluding hydrogens is 258 g/mol. The van der Waals surface area contributed by atoms with Gasteiger partial charge < -0.3 is 9.57 Å². The van der Waals surface area contributed by atoms with E-state index >= 15 is 0 Å². The number of hydrogen-bond donors (Lipinski definition) is 0. The average Bonchev–Trinajstić information content (AvgIpc) is 2.79. The molecule has 0 N–H and O–H groups in total. The molecule has 0 aliphatic carbocycles. The van der Waals surface area contributed by atoms with E-state index in [0.717, 1.165) is 16.5 Å². The number of rotatable bonds is 5. The van der Waals surface area contributed by atoms with Crippen molar-refractivity contribution >= 4 is 22.7 Å². The van der Waals surface area contributed by atoms with E-state index in [1.54, 1.807) is 17.9 Å². The summed E-state index contributed by atoms with van der Waals surface area (Å²) in [7, 11) is 1.53. The van der Waals surface area contributed by atoms with Gasteiger partial charge in [0.1, 0.15) is 13.5 Å². The lowest BCUT2D eigenvalue weighted by molar-refractivity contribution is -0.141. The van der Waals surface area contributed by atoms with Crippen LogP contribution in [0.3, 0.4) is 0 Å². The summed E-state index contributed by atoms with van der Waals surface area (Å²) in [4.78, 5) is 28.9. The number of carbonyl (C=O) groups excluding carboxylic acids is 2. The van der Waals surface area contributed by atoms with Crippen molar-refractivity contribution in [2.75, 3.05) is 13.7 Å². The van der Waals surface area contributed by atoms with Crippen molar-refractivity contribution in [3.63, 3.8) is 0 Å². The zero-order chi connectivity index (χ0) is 14.7. The zero-order valence-corrected chi connectivity index (χ0v) is 11.8. The van der Waals surface area contributed by atoms with E-state index in [0.29, 0.717) is 5.56 Å². The fourth-order valence-corrected chi connectivity index (χ4v) is 2.22. The number of hydrogen-bond acceptors (Lipinski definition) is 4. The van der Waals surface area contributed by atoms with Gasteiger partial charge in [0.25, 0.3) is 0 Å². The highest BCUT2D eigenvalue weighted by molar-refractivity contribution is 6.13. The Balaban J connectivity index is 2.42. The van der Waals surface area contributed by atoms with Crippen LogP contribution in [0.5, 0.6) is 0 Å². The number of Topliss-reactive ketones (excluding diaryl/α,β-unsaturated/α-hetero) is 1. The number of para-hydroxylation sites is 1. The highest BCUT2D eigenvalue weighted by Gasteiger charge is 2.19. The molecule has 0 aliphatic rings. The van der Waals surface area contributed by atoms with E-state index in [4.69, 9.17) is 9.57 Å². The maximum atomic E-state index is 12.2. The summed E-state index contributed by atoms with van der Waals surface area (Å²) in [5, 5.41) is 0.779. The first-order valence-electron chi connectivity index (χ1n) is 6.42. The van der Waals surface area contributed by atoms with Crippen molar-refractivity contribution in [1.82, 2.24) is 4.73 Å². The van der Waals surface area contributed by atoms with Crippen LogP contribution in [0.1, 0.15) is 29.3 Å². The van der Waals surface area contributed by atoms with Crippen LogP contribution in [0.4, 0.5) is 0 Å². The number of esters is 1. The molecular formula is C15H17NO4. The molecule has 0 atom stereocenters. The van der Waals surface area contributed by atoms with Crippen LogP contribution in [-0.2, 0) is 9.53 Å². The quantitative estimate of drug-likeness (QED) is 0.476. The molecule has 2 rings (SSSR count). The number of ketones is 1. The van der Waals surface area contributed by atoms with E-state index in [2.05, 4.69) is 0 Å². The number of aromatic nitrogens is 1. The van der Waals surface area contributed by atoms with E-state index in [1.807, 2.05) is 25.1 Å². The number of carbonyl (C=O) groups is 2. The van der Waals surface area contributed by atoms with Crippen molar-refractivity contribution in [2.45, 2.75) is 20.3 Å². The summed E-state index contributed by atoms with van der Waals surface area (Å²) in [6.07, 6.45) is 1.35. The predicted octanol–water partition coefficient (Wildman–Crippen LogP) is 2.14. The van der Waals surface area contributed by atoms with E-state index < -0.39 is 5.97 Å². The number of ether oxygens (including phenoxy) is 1. The monoisotopic (exact) mass is 275 g/mol. The highest BCUT2D eigenvalue weighted by atomic mass is 16.6. The minimum atomic E-state index is -0.511. The minimum absolute atomic E-state index is 0.259. The molecule has 106 valence electrons. The molecule has 0 radical (unpaired) electrons. The lowest BCUT2D eigenvalue weighted by Gasteiger charge is -2.03. The Labute approximate surface area is 117 Å². The molecule has 0 saturated heterocycles. The van der Waals surface area contributed by atoms with Crippen LogP contribution in [-0.4, -0.2) is 30.2 Å². The van der Waals surface area contributed by atoms with Crippen LogP contribution in [0.2, 0.25) is 0 Å². The highest BCUT2D eigenvalue weighted by Crippen LogP contribution is 2.24. The molecule has 0 aliphatic heterocycles. The van der Waals surface area contributed by atoms with Gasteiger partial charge in [-0.1, -0.05) is 18.2 Å². The largest absolute Gasteiger partial charge is 0.466 e. The lowest BCUT2D eigenvalue weighted by Crippen LogP contribution is -2.11. The topological polar surface area (TPSA) is 57.5 Å². The maximum Gasteiger partial charge on any atom is 0.313 e. The van der Waals surface area contributed by atoms with Crippen LogP contribution in [0, 0.1) is 6.92 Å². The molecule has 0 spiro atoms. The third-order valence-electron chi connectivity index (χ3n) is 3.10. The smallest absolute Gasteiger partial charge is 0.313 e. The van der Waals surface area contributed by atoms with Crippen LogP contribution >= 0.6 is 0 Å². The first-order valence-corrected chi connectivity index (χ1v) is 6.42. The first-order chi connectivity index (χ1) is 9.58. The second kappa shape index (κ2) is 5.77. The summed E-state index contributed by atoms with van der Waals surface area (Å²) >= 11 is 0. The Morgan fingerprint density at radius 1 is 1.30 bits per heavy atom. The molecule has 1 aromatic carbocycles. The fourth-order valence-electron chi connectivity index (χ4n) is 2.22. The molecule has 5 heteroatoms. The molecule has 2 aromatic rings. The number of aryl methyl sites for hydroxylation is 1. The molecule has 0 bridgehead atoms. The summed E-state index contributed by atoms with van der Waals surface area (Å²) < 4.78 is 6.35. The first kappa shape index (κ1) is 14.1. The number of nitrogens with zero attached hydrogens (tertiary/aromatic N) is 1. The van der Waals surface area contributed by atoms with Crippen molar-refractivity contribution in [3.05, 3.63) is 35.5 Å². The van der Waals surface area contributed by atoms with Gasteiger partial charge in [-0.2, -0.15) is 4.73 Å². The van der Waals surface area contributed by atoms with Gasteiger partial charge in [-0.3, -0.25) is 9.59 Å². The second-order valence-electron chi connectivity index (χ2n) is 4.43. The Kier molecular flexibility index (Phi) is 4.08. The molecule has 0 unspecified atom stereocenters. The van der Waals surface area contributed by atoms with E-state index in [-0.39, 0.29) is 18.8 Å². The number of benzene rings is 1. The normalized spacial score (nSPS) is 10.6. The molecule has 0 saturated carbocycles. The standard InChI is InChI=1S/C15H17NO4/c1-4-20-14(18)8-13(17)12-9-16(19-3)15-10(2)6-5-7-11(12)15/h5-7,9H,4,8H2,1-3H3. The summed E-state index contributed by atoms with van der Waals surface area (Å²) in [5.74, 6) is -0.779. The van der Waals surface area contributed by atoms with Gasteiger partial charge >= 0.3 is 5.97 Å². The Hall–Kier alpha value is -2.30. The minimum Gasteiger partial charge on any atom is -0.466 e. The van der Waals surface area contributed by atoms with Crippen molar-refractivity contribution < 1.29 is 19.2 Å². The van der Waals surface area contributed by atoms with Gasteiger partial charge in [-0.15, -0.1) is 0 Å². The molecule has 5 nitrogen and oxygen atoms in total. The SMILES string of the molecule is CCOC(=O)CC(=O)c1cn(OC)c2c(C)cccc12. The van der Waals surface area contributed by atoms with Gasteiger partial charge in [-0.05, 0) is 19.4 Å². The van der Waals surface area contributed by atoms with Gasteiger partial charge in [-0.25, -0.2) is 0 Å². The summed E-state index contributed by atoms with van der Waals surface area (Å²) in [6, 6.07) is 5.66. The molecule has 0 amide bonds. The number of fused-ring (bicyclic) bond motifs is 1. The van der Waals surface area contributed by atoms with E-state index in [9.17, 15) is 9.59 Å². The Morgan fingerprint density at radius 3 is 2.70 bits per heavy atom. The van der Waals surface area contributed by atoms with Crippen molar-refractivity contribution in [2.24, 2.45) is 0 Å². The fraction of sp³-hybridized carbons (Fsp3) is 0.333. The van der Waals surface area contributed by atoms with Gasteiger partial charge in [0.15, 0.2) is 5.78 Å². The Bertz CT molecular complexity index is 657. The van der Waals surface area contributed by atoms with Crippen molar-refractivity contribution in [1.29, 1.82) is 0 Å². The third-order valence-corrected chi connectivity index (χ3v) is 3.10. The summed E-state index contributed by atoms with van der Waals surface area (Å²) in [5.41, 5.74) is 2.31. The van der Waals surface area contributed by atoms with Crippen molar-refractivity contribution in [3.8, 4) is 0 Å². The van der Waals surface area contributed by atoms with E-state index in [1.165, 1.54) is 7.11 Å². The molecule has 20 heavy (non-hydrogen) atoms. The lowest BCUT2D eigenvalue weighted by atomic mass is 10.1. The van der Waals surface area contributed by atoms with Gasteiger partial charge in [0.05, 0.1) is 18.3 Å².